The summed E-state index contributed by atoms with van der Waals surface area (Å²) in [4.78, 5) is 20.7. The SMILES string of the molecule is Cc1c(Cl)cccc1Nc1cc(C(=O)NCc2ccc3c(c2)OCO3)ncn1. The van der Waals surface area contributed by atoms with Crippen LogP contribution in [0, 0.1) is 6.92 Å². The molecular weight excluding hydrogens is 380 g/mol. The average molecular weight is 397 g/mol. The van der Waals surface area contributed by atoms with Gasteiger partial charge in [-0.25, -0.2) is 9.97 Å². The molecule has 8 heteroatoms. The normalized spacial score (nSPS) is 11.9. The topological polar surface area (TPSA) is 85.4 Å². The van der Waals surface area contributed by atoms with Gasteiger partial charge < -0.3 is 20.1 Å². The van der Waals surface area contributed by atoms with Crippen LogP contribution in [0.3, 0.4) is 0 Å². The van der Waals surface area contributed by atoms with Gasteiger partial charge in [0.2, 0.25) is 6.79 Å². The number of nitrogens with one attached hydrogen (secondary N) is 2. The smallest absolute Gasteiger partial charge is 0.270 e. The Labute approximate surface area is 166 Å². The molecule has 0 aliphatic carbocycles. The van der Waals surface area contributed by atoms with Gasteiger partial charge in [-0.3, -0.25) is 4.79 Å². The molecule has 1 amide bonds. The van der Waals surface area contributed by atoms with Crippen molar-refractivity contribution in [2.75, 3.05) is 12.1 Å². The van der Waals surface area contributed by atoms with E-state index in [0.717, 1.165) is 16.8 Å². The summed E-state index contributed by atoms with van der Waals surface area (Å²) < 4.78 is 10.6. The number of halogens is 1. The predicted molar refractivity (Wildman–Crippen MR) is 105 cm³/mol. The summed E-state index contributed by atoms with van der Waals surface area (Å²) >= 11 is 6.14. The number of benzene rings is 2. The minimum atomic E-state index is -0.300. The molecule has 1 aliphatic rings. The van der Waals surface area contributed by atoms with Crippen LogP contribution in [0.2, 0.25) is 5.02 Å². The largest absolute Gasteiger partial charge is 0.454 e. The van der Waals surface area contributed by atoms with E-state index in [2.05, 4.69) is 20.6 Å². The second-order valence-corrected chi connectivity index (χ2v) is 6.60. The first kappa shape index (κ1) is 18.1. The van der Waals surface area contributed by atoms with E-state index in [1.54, 1.807) is 6.07 Å². The number of hydrogen-bond donors (Lipinski definition) is 2. The van der Waals surface area contributed by atoms with Gasteiger partial charge in [0.05, 0.1) is 0 Å². The van der Waals surface area contributed by atoms with Crippen LogP contribution in [-0.4, -0.2) is 22.7 Å². The van der Waals surface area contributed by atoms with Crippen LogP contribution in [0.1, 0.15) is 21.6 Å². The molecule has 0 saturated heterocycles. The maximum atomic E-state index is 12.5. The number of carbonyl (C=O) groups excluding carboxylic acids is 1. The summed E-state index contributed by atoms with van der Waals surface area (Å²) in [5.74, 6) is 1.59. The highest BCUT2D eigenvalue weighted by Crippen LogP contribution is 2.32. The van der Waals surface area contributed by atoms with Crippen molar-refractivity contribution in [3.05, 3.63) is 70.6 Å². The maximum absolute atomic E-state index is 12.5. The molecule has 0 fully saturated rings. The molecule has 0 bridgehead atoms. The van der Waals surface area contributed by atoms with Gasteiger partial charge in [0.25, 0.3) is 5.91 Å². The van der Waals surface area contributed by atoms with Crippen molar-refractivity contribution in [3.8, 4) is 11.5 Å². The summed E-state index contributed by atoms with van der Waals surface area (Å²) in [6.07, 6.45) is 1.34. The second kappa shape index (κ2) is 7.74. The molecule has 28 heavy (non-hydrogen) atoms. The number of carbonyl (C=O) groups is 1. The highest BCUT2D eigenvalue weighted by molar-refractivity contribution is 6.31. The van der Waals surface area contributed by atoms with Crippen LogP contribution < -0.4 is 20.1 Å². The zero-order valence-corrected chi connectivity index (χ0v) is 15.8. The molecule has 2 heterocycles. The van der Waals surface area contributed by atoms with Crippen LogP contribution in [0.4, 0.5) is 11.5 Å². The molecule has 0 atom stereocenters. The standard InChI is InChI=1S/C20H17ClN4O3/c1-12-14(21)3-2-4-15(12)25-19-8-16(23-10-24-19)20(26)22-9-13-5-6-17-18(7-13)28-11-27-17/h2-8,10H,9,11H2,1H3,(H,22,26)(H,23,24,25). The van der Waals surface area contributed by atoms with Crippen LogP contribution >= 0.6 is 11.6 Å². The van der Waals surface area contributed by atoms with E-state index in [9.17, 15) is 4.79 Å². The van der Waals surface area contributed by atoms with Crippen LogP contribution in [-0.2, 0) is 6.54 Å². The molecule has 2 N–H and O–H groups in total. The van der Waals surface area contributed by atoms with Gasteiger partial charge in [0.15, 0.2) is 11.5 Å². The minimum Gasteiger partial charge on any atom is -0.454 e. The number of rotatable bonds is 5. The molecule has 0 radical (unpaired) electrons. The molecule has 7 nitrogen and oxygen atoms in total. The number of hydrogen-bond acceptors (Lipinski definition) is 6. The van der Waals surface area contributed by atoms with Crippen molar-refractivity contribution in [1.82, 2.24) is 15.3 Å². The van der Waals surface area contributed by atoms with E-state index < -0.39 is 0 Å². The number of amides is 1. The lowest BCUT2D eigenvalue weighted by molar-refractivity contribution is 0.0945. The van der Waals surface area contributed by atoms with Crippen molar-refractivity contribution in [1.29, 1.82) is 0 Å². The third-order valence-electron chi connectivity index (χ3n) is 4.32. The highest BCUT2D eigenvalue weighted by atomic mass is 35.5. The maximum Gasteiger partial charge on any atom is 0.270 e. The summed E-state index contributed by atoms with van der Waals surface area (Å²) in [6, 6.07) is 12.7. The Morgan fingerprint density at radius 3 is 2.89 bits per heavy atom. The lowest BCUT2D eigenvalue weighted by Gasteiger charge is -2.11. The Hall–Kier alpha value is -3.32. The van der Waals surface area contributed by atoms with E-state index in [0.29, 0.717) is 28.9 Å². The van der Waals surface area contributed by atoms with Gasteiger partial charge in [0.1, 0.15) is 17.8 Å². The summed E-state index contributed by atoms with van der Waals surface area (Å²) in [7, 11) is 0. The van der Waals surface area contributed by atoms with Gasteiger partial charge in [-0.15, -0.1) is 0 Å². The molecule has 3 aromatic rings. The van der Waals surface area contributed by atoms with Gasteiger partial charge in [-0.1, -0.05) is 23.7 Å². The lowest BCUT2D eigenvalue weighted by atomic mass is 10.2. The van der Waals surface area contributed by atoms with E-state index in [-0.39, 0.29) is 18.4 Å². The minimum absolute atomic E-state index is 0.216. The molecular formula is C20H17ClN4O3. The van der Waals surface area contributed by atoms with Crippen molar-refractivity contribution in [2.45, 2.75) is 13.5 Å². The number of aromatic nitrogens is 2. The average Bonchev–Trinajstić information content (AvgIpc) is 3.18. The Bertz CT molecular complexity index is 1040. The lowest BCUT2D eigenvalue weighted by Crippen LogP contribution is -2.24. The second-order valence-electron chi connectivity index (χ2n) is 6.20. The summed E-state index contributed by atoms with van der Waals surface area (Å²) in [6.45, 7) is 2.47. The van der Waals surface area contributed by atoms with Gasteiger partial charge >= 0.3 is 0 Å². The fraction of sp³-hybridized carbons (Fsp3) is 0.150. The number of anilines is 2. The summed E-state index contributed by atoms with van der Waals surface area (Å²) in [5.41, 5.74) is 2.88. The van der Waals surface area contributed by atoms with Crippen LogP contribution in [0.15, 0.2) is 48.8 Å². The first-order valence-electron chi connectivity index (χ1n) is 8.61. The number of nitrogens with zero attached hydrogens (tertiary/aromatic N) is 2. The van der Waals surface area contributed by atoms with E-state index in [1.165, 1.54) is 6.33 Å². The fourth-order valence-corrected chi connectivity index (χ4v) is 2.93. The Balaban J connectivity index is 1.43. The molecule has 0 saturated carbocycles. The van der Waals surface area contributed by atoms with E-state index >= 15 is 0 Å². The van der Waals surface area contributed by atoms with Gasteiger partial charge in [-0.05, 0) is 42.3 Å². The molecule has 1 aliphatic heterocycles. The Morgan fingerprint density at radius 1 is 1.14 bits per heavy atom. The van der Waals surface area contributed by atoms with Crippen molar-refractivity contribution in [2.24, 2.45) is 0 Å². The monoisotopic (exact) mass is 396 g/mol. The van der Waals surface area contributed by atoms with E-state index in [1.807, 2.05) is 43.3 Å². The first-order chi connectivity index (χ1) is 13.6. The zero-order chi connectivity index (χ0) is 19.5. The Morgan fingerprint density at radius 2 is 2.00 bits per heavy atom. The van der Waals surface area contributed by atoms with Gasteiger partial charge in [0, 0.05) is 23.3 Å². The van der Waals surface area contributed by atoms with E-state index in [4.69, 9.17) is 21.1 Å². The third kappa shape index (κ3) is 3.84. The highest BCUT2D eigenvalue weighted by Gasteiger charge is 2.14. The fourth-order valence-electron chi connectivity index (χ4n) is 2.75. The molecule has 1 aromatic heterocycles. The molecule has 0 unspecified atom stereocenters. The molecule has 2 aromatic carbocycles. The van der Waals surface area contributed by atoms with Crippen LogP contribution in [0.5, 0.6) is 11.5 Å². The number of ether oxygens (including phenoxy) is 2. The predicted octanol–water partition coefficient (Wildman–Crippen LogP) is 3.84. The van der Waals surface area contributed by atoms with Crippen LogP contribution in [0.25, 0.3) is 0 Å². The third-order valence-corrected chi connectivity index (χ3v) is 4.73. The molecule has 142 valence electrons. The zero-order valence-electron chi connectivity index (χ0n) is 15.0. The van der Waals surface area contributed by atoms with Crippen molar-refractivity contribution < 1.29 is 14.3 Å². The van der Waals surface area contributed by atoms with Crippen molar-refractivity contribution >= 4 is 29.0 Å². The quantitative estimate of drug-likeness (QED) is 0.681. The number of fused-ring (bicyclic) bond motifs is 1. The van der Waals surface area contributed by atoms with Crippen molar-refractivity contribution in [3.63, 3.8) is 0 Å². The van der Waals surface area contributed by atoms with Gasteiger partial charge in [-0.2, -0.15) is 0 Å². The Kier molecular flexibility index (Phi) is 4.99. The molecule has 4 rings (SSSR count). The molecule has 0 spiro atoms. The summed E-state index contributed by atoms with van der Waals surface area (Å²) in [5, 5.41) is 6.66. The first-order valence-corrected chi connectivity index (χ1v) is 8.99.